The number of carbonyl (C=O) groups excluding carboxylic acids is 1. The molecule has 6 heteroatoms. The predicted molar refractivity (Wildman–Crippen MR) is 103 cm³/mol. The maximum absolute atomic E-state index is 12.7. The Kier molecular flexibility index (Phi) is 5.20. The highest BCUT2D eigenvalue weighted by Gasteiger charge is 2.29. The van der Waals surface area contributed by atoms with Crippen LogP contribution < -0.4 is 5.32 Å². The van der Waals surface area contributed by atoms with Gasteiger partial charge in [-0.25, -0.2) is 8.42 Å². The van der Waals surface area contributed by atoms with E-state index >= 15 is 0 Å². The van der Waals surface area contributed by atoms with Gasteiger partial charge in [0.15, 0.2) is 9.84 Å². The first-order valence-electron chi connectivity index (χ1n) is 8.19. The van der Waals surface area contributed by atoms with Crippen LogP contribution in [0.15, 0.2) is 47.4 Å². The molecule has 1 atom stereocenters. The summed E-state index contributed by atoms with van der Waals surface area (Å²) in [6, 6.07) is 13.3. The van der Waals surface area contributed by atoms with Crippen molar-refractivity contribution in [2.45, 2.75) is 30.4 Å². The van der Waals surface area contributed by atoms with Crippen LogP contribution in [0, 0.1) is 13.8 Å². The minimum Gasteiger partial charge on any atom is -0.322 e. The number of benzene rings is 2. The number of sulfone groups is 1. The number of amides is 1. The largest absolute Gasteiger partial charge is 0.322 e. The predicted octanol–water partition coefficient (Wildman–Crippen LogP) is 3.83. The molecule has 132 valence electrons. The summed E-state index contributed by atoms with van der Waals surface area (Å²) in [7, 11) is -2.93. The average Bonchev–Trinajstić information content (AvgIpc) is 2.89. The number of nitrogens with one attached hydrogen (secondary N) is 1. The molecule has 0 unspecified atom stereocenters. The second-order valence-electron chi connectivity index (χ2n) is 6.41. The maximum atomic E-state index is 12.7. The van der Waals surface area contributed by atoms with Crippen LogP contribution in [0.3, 0.4) is 0 Å². The third kappa shape index (κ3) is 4.44. The van der Waals surface area contributed by atoms with Gasteiger partial charge in [0, 0.05) is 15.8 Å². The zero-order valence-electron chi connectivity index (χ0n) is 14.3. The summed E-state index contributed by atoms with van der Waals surface area (Å²) in [5.41, 5.74) is 3.53. The molecule has 1 aliphatic heterocycles. The normalized spacial score (nSPS) is 18.9. The highest BCUT2D eigenvalue weighted by Crippen LogP contribution is 2.33. The van der Waals surface area contributed by atoms with E-state index in [-0.39, 0.29) is 22.7 Å². The van der Waals surface area contributed by atoms with Crippen molar-refractivity contribution in [3.63, 3.8) is 0 Å². The zero-order chi connectivity index (χ0) is 18.0. The fraction of sp³-hybridized carbons (Fsp3) is 0.316. The summed E-state index contributed by atoms with van der Waals surface area (Å²) in [6.07, 6.45) is 0.639. The molecule has 1 fully saturated rings. The molecule has 1 saturated heterocycles. The van der Waals surface area contributed by atoms with E-state index < -0.39 is 9.84 Å². The van der Waals surface area contributed by atoms with Gasteiger partial charge in [-0.3, -0.25) is 4.79 Å². The van der Waals surface area contributed by atoms with Gasteiger partial charge in [0.2, 0.25) is 0 Å². The molecule has 25 heavy (non-hydrogen) atoms. The minimum absolute atomic E-state index is 0.0139. The molecule has 0 radical (unpaired) electrons. The molecular weight excluding hydrogens is 354 g/mol. The molecule has 0 bridgehead atoms. The van der Waals surface area contributed by atoms with Crippen molar-refractivity contribution in [1.82, 2.24) is 0 Å². The fourth-order valence-corrected chi connectivity index (χ4v) is 6.56. The Hall–Kier alpha value is -1.79. The van der Waals surface area contributed by atoms with Crippen LogP contribution in [0.1, 0.15) is 27.9 Å². The summed E-state index contributed by atoms with van der Waals surface area (Å²) < 4.78 is 23.3. The van der Waals surface area contributed by atoms with Crippen LogP contribution in [0.25, 0.3) is 0 Å². The number of hydrogen-bond donors (Lipinski definition) is 1. The van der Waals surface area contributed by atoms with Gasteiger partial charge in [0.25, 0.3) is 5.91 Å². The van der Waals surface area contributed by atoms with E-state index in [1.807, 2.05) is 50.2 Å². The monoisotopic (exact) mass is 375 g/mol. The fourth-order valence-electron chi connectivity index (χ4n) is 2.93. The molecular formula is C19H21NO3S2. The Morgan fingerprint density at radius 3 is 2.60 bits per heavy atom. The van der Waals surface area contributed by atoms with Crippen LogP contribution in [0.5, 0.6) is 0 Å². The van der Waals surface area contributed by atoms with E-state index in [9.17, 15) is 13.2 Å². The van der Waals surface area contributed by atoms with E-state index in [0.717, 1.165) is 21.7 Å². The molecule has 1 aliphatic rings. The highest BCUT2D eigenvalue weighted by atomic mass is 32.2. The second-order valence-corrected chi connectivity index (χ2v) is 9.98. The van der Waals surface area contributed by atoms with E-state index in [1.165, 1.54) is 11.8 Å². The van der Waals surface area contributed by atoms with Gasteiger partial charge in [-0.05, 0) is 44.0 Å². The van der Waals surface area contributed by atoms with Crippen molar-refractivity contribution < 1.29 is 13.2 Å². The molecule has 0 spiro atoms. The highest BCUT2D eigenvalue weighted by molar-refractivity contribution is 8.02. The number of carbonyl (C=O) groups is 1. The molecule has 1 heterocycles. The number of hydrogen-bond acceptors (Lipinski definition) is 4. The lowest BCUT2D eigenvalue weighted by molar-refractivity contribution is 0.102. The first-order valence-corrected chi connectivity index (χ1v) is 10.9. The SMILES string of the molecule is Cc1ccc(NC(=O)c2ccccc2S[C@@H]2CCS(=O)(=O)C2)c(C)c1. The molecule has 1 amide bonds. The van der Waals surface area contributed by atoms with Gasteiger partial charge in [0.1, 0.15) is 0 Å². The Morgan fingerprint density at radius 2 is 1.92 bits per heavy atom. The molecule has 2 aromatic rings. The van der Waals surface area contributed by atoms with E-state index in [2.05, 4.69) is 5.32 Å². The Balaban J connectivity index is 1.79. The zero-order valence-corrected chi connectivity index (χ0v) is 15.9. The molecule has 0 saturated carbocycles. The smallest absolute Gasteiger partial charge is 0.256 e. The number of thioether (sulfide) groups is 1. The lowest BCUT2D eigenvalue weighted by atomic mass is 10.1. The van der Waals surface area contributed by atoms with Crippen LogP contribution in [0.2, 0.25) is 0 Å². The summed E-state index contributed by atoms with van der Waals surface area (Å²) in [5, 5.41) is 2.98. The van der Waals surface area contributed by atoms with Crippen molar-refractivity contribution in [3.8, 4) is 0 Å². The third-order valence-corrected chi connectivity index (χ3v) is 7.57. The van der Waals surface area contributed by atoms with Crippen LogP contribution in [0.4, 0.5) is 5.69 Å². The number of anilines is 1. The lowest BCUT2D eigenvalue weighted by Crippen LogP contribution is -2.15. The summed E-state index contributed by atoms with van der Waals surface area (Å²) in [5.74, 6) is 0.252. The van der Waals surface area contributed by atoms with Crippen molar-refractivity contribution in [2.24, 2.45) is 0 Å². The number of aryl methyl sites for hydroxylation is 2. The Morgan fingerprint density at radius 1 is 1.16 bits per heavy atom. The Labute approximate surface area is 152 Å². The van der Waals surface area contributed by atoms with Crippen LogP contribution >= 0.6 is 11.8 Å². The molecule has 0 aliphatic carbocycles. The average molecular weight is 376 g/mol. The number of rotatable bonds is 4. The van der Waals surface area contributed by atoms with Crippen molar-refractivity contribution in [2.75, 3.05) is 16.8 Å². The first kappa shape index (κ1) is 18.0. The van der Waals surface area contributed by atoms with Gasteiger partial charge in [-0.1, -0.05) is 29.8 Å². The molecule has 1 N–H and O–H groups in total. The molecule has 4 nitrogen and oxygen atoms in total. The van der Waals surface area contributed by atoms with Crippen molar-refractivity contribution in [3.05, 3.63) is 59.2 Å². The standard InChI is InChI=1S/C19H21NO3S2/c1-13-7-8-17(14(2)11-13)20-19(21)16-5-3-4-6-18(16)24-15-9-10-25(22,23)12-15/h3-8,11,15H,9-10,12H2,1-2H3,(H,20,21)/t15-/m1/s1. The molecule has 0 aromatic heterocycles. The van der Waals surface area contributed by atoms with Gasteiger partial charge < -0.3 is 5.32 Å². The minimum atomic E-state index is -2.93. The molecule has 2 aromatic carbocycles. The first-order chi connectivity index (χ1) is 11.8. The van der Waals surface area contributed by atoms with E-state index in [4.69, 9.17) is 0 Å². The van der Waals surface area contributed by atoms with E-state index in [1.54, 1.807) is 6.07 Å². The third-order valence-electron chi connectivity index (χ3n) is 4.25. The van der Waals surface area contributed by atoms with Crippen LogP contribution in [-0.4, -0.2) is 31.1 Å². The van der Waals surface area contributed by atoms with Gasteiger partial charge in [0.05, 0.1) is 17.1 Å². The summed E-state index contributed by atoms with van der Waals surface area (Å²) in [6.45, 7) is 3.98. The Bertz CT molecular complexity index is 907. The van der Waals surface area contributed by atoms with Gasteiger partial charge in [-0.2, -0.15) is 0 Å². The maximum Gasteiger partial charge on any atom is 0.256 e. The van der Waals surface area contributed by atoms with Gasteiger partial charge >= 0.3 is 0 Å². The van der Waals surface area contributed by atoms with Gasteiger partial charge in [-0.15, -0.1) is 11.8 Å². The quantitative estimate of drug-likeness (QED) is 0.882. The lowest BCUT2D eigenvalue weighted by Gasteiger charge is -2.14. The topological polar surface area (TPSA) is 63.2 Å². The summed E-state index contributed by atoms with van der Waals surface area (Å²) in [4.78, 5) is 13.6. The second kappa shape index (κ2) is 7.22. The molecule has 3 rings (SSSR count). The van der Waals surface area contributed by atoms with E-state index in [0.29, 0.717) is 12.0 Å². The van der Waals surface area contributed by atoms with Crippen molar-refractivity contribution >= 4 is 33.2 Å². The van der Waals surface area contributed by atoms with Crippen LogP contribution in [-0.2, 0) is 9.84 Å². The van der Waals surface area contributed by atoms with Crippen molar-refractivity contribution in [1.29, 1.82) is 0 Å². The summed E-state index contributed by atoms with van der Waals surface area (Å²) >= 11 is 1.49.